The molecule has 0 saturated heterocycles. The minimum atomic E-state index is -0.323. The highest BCUT2D eigenvalue weighted by Gasteiger charge is 2.08. The van der Waals surface area contributed by atoms with Crippen LogP contribution in [0.15, 0.2) is 28.7 Å². The number of hydrogen-bond acceptors (Lipinski definition) is 1. The van der Waals surface area contributed by atoms with Crippen LogP contribution in [0.3, 0.4) is 0 Å². The summed E-state index contributed by atoms with van der Waals surface area (Å²) in [7, 11) is 0. The third kappa shape index (κ3) is 1.81. The molecule has 0 aliphatic carbocycles. The third-order valence-electron chi connectivity index (χ3n) is 1.75. The Morgan fingerprint density at radius 1 is 1.36 bits per heavy atom. The van der Waals surface area contributed by atoms with E-state index in [0.717, 1.165) is 4.47 Å². The molecule has 2 aromatic rings. The van der Waals surface area contributed by atoms with E-state index in [1.165, 1.54) is 6.07 Å². The van der Waals surface area contributed by atoms with Gasteiger partial charge in [0.2, 0.25) is 0 Å². The molecule has 5 heteroatoms. The number of aromatic amines is 1. The molecule has 0 bridgehead atoms. The van der Waals surface area contributed by atoms with Crippen LogP contribution in [-0.4, -0.2) is 10.2 Å². The van der Waals surface area contributed by atoms with E-state index < -0.39 is 0 Å². The molecule has 0 aliphatic heterocycles. The van der Waals surface area contributed by atoms with Gasteiger partial charge >= 0.3 is 0 Å². The van der Waals surface area contributed by atoms with Gasteiger partial charge < -0.3 is 0 Å². The lowest BCUT2D eigenvalue weighted by Gasteiger charge is -1.98. The second kappa shape index (κ2) is 3.71. The van der Waals surface area contributed by atoms with E-state index in [2.05, 4.69) is 26.1 Å². The molecule has 0 saturated carbocycles. The quantitative estimate of drug-likeness (QED) is 0.846. The Kier molecular flexibility index (Phi) is 2.56. The number of halogens is 3. The summed E-state index contributed by atoms with van der Waals surface area (Å²) in [6.45, 7) is 0. The Morgan fingerprint density at radius 2 is 2.14 bits per heavy atom. The number of rotatable bonds is 1. The molecule has 1 heterocycles. The molecule has 14 heavy (non-hydrogen) atoms. The number of nitrogens with one attached hydrogen (secondary N) is 1. The maximum atomic E-state index is 13.3. The number of hydrogen-bond donors (Lipinski definition) is 1. The minimum Gasteiger partial charge on any atom is -0.267 e. The van der Waals surface area contributed by atoms with Gasteiger partial charge in [0.15, 0.2) is 0 Å². The van der Waals surface area contributed by atoms with Crippen LogP contribution < -0.4 is 0 Å². The fourth-order valence-electron chi connectivity index (χ4n) is 1.13. The van der Waals surface area contributed by atoms with E-state index in [-0.39, 0.29) is 5.82 Å². The molecule has 0 radical (unpaired) electrons. The van der Waals surface area contributed by atoms with Crippen molar-refractivity contribution in [1.82, 2.24) is 10.2 Å². The van der Waals surface area contributed by atoms with E-state index >= 15 is 0 Å². The van der Waals surface area contributed by atoms with Crippen LogP contribution >= 0.6 is 27.5 Å². The zero-order valence-corrected chi connectivity index (χ0v) is 9.23. The van der Waals surface area contributed by atoms with Crippen molar-refractivity contribution in [3.8, 4) is 11.3 Å². The fourth-order valence-corrected chi connectivity index (χ4v) is 1.64. The third-order valence-corrected chi connectivity index (χ3v) is 2.44. The summed E-state index contributed by atoms with van der Waals surface area (Å²) in [6, 6.07) is 6.24. The molecule has 0 spiro atoms. The highest BCUT2D eigenvalue weighted by molar-refractivity contribution is 9.10. The van der Waals surface area contributed by atoms with Crippen LogP contribution in [0.4, 0.5) is 4.39 Å². The topological polar surface area (TPSA) is 28.7 Å². The Bertz CT molecular complexity index is 470. The summed E-state index contributed by atoms with van der Waals surface area (Å²) in [6.07, 6.45) is 0. The SMILES string of the molecule is Fc1ccc(Br)cc1-c1cc(Cl)[nH]n1. The van der Waals surface area contributed by atoms with Crippen LogP contribution in [0.5, 0.6) is 0 Å². The first-order valence-electron chi connectivity index (χ1n) is 3.83. The summed E-state index contributed by atoms with van der Waals surface area (Å²) < 4.78 is 14.1. The number of nitrogens with zero attached hydrogens (tertiary/aromatic N) is 1. The normalized spacial score (nSPS) is 10.5. The predicted molar refractivity (Wildman–Crippen MR) is 56.7 cm³/mol. The average Bonchev–Trinajstić information content (AvgIpc) is 2.56. The first kappa shape index (κ1) is 9.68. The monoisotopic (exact) mass is 274 g/mol. The lowest BCUT2D eigenvalue weighted by atomic mass is 10.1. The Balaban J connectivity index is 2.55. The van der Waals surface area contributed by atoms with E-state index in [9.17, 15) is 4.39 Å². The fraction of sp³-hybridized carbons (Fsp3) is 0. The largest absolute Gasteiger partial charge is 0.267 e. The number of benzene rings is 1. The molecule has 0 fully saturated rings. The lowest BCUT2D eigenvalue weighted by Crippen LogP contribution is -1.84. The van der Waals surface area contributed by atoms with Gasteiger partial charge in [-0.1, -0.05) is 27.5 Å². The second-order valence-electron chi connectivity index (χ2n) is 2.73. The molecule has 72 valence electrons. The highest BCUT2D eigenvalue weighted by Crippen LogP contribution is 2.25. The van der Waals surface area contributed by atoms with Gasteiger partial charge in [0.1, 0.15) is 11.0 Å². The summed E-state index contributed by atoms with van der Waals surface area (Å²) in [5.41, 5.74) is 0.913. The molecular formula is C9H5BrClFN2. The van der Waals surface area contributed by atoms with Crippen molar-refractivity contribution < 1.29 is 4.39 Å². The van der Waals surface area contributed by atoms with Crippen molar-refractivity contribution in [1.29, 1.82) is 0 Å². The van der Waals surface area contributed by atoms with Gasteiger partial charge in [-0.15, -0.1) is 0 Å². The van der Waals surface area contributed by atoms with Crippen molar-refractivity contribution in [2.24, 2.45) is 0 Å². The number of H-pyrrole nitrogens is 1. The molecule has 0 atom stereocenters. The van der Waals surface area contributed by atoms with Gasteiger partial charge in [0, 0.05) is 16.1 Å². The predicted octanol–water partition coefficient (Wildman–Crippen LogP) is 3.63. The standard InChI is InChI=1S/C9H5BrClFN2/c10-5-1-2-7(12)6(3-5)8-4-9(11)14-13-8/h1-4H,(H,13,14). The van der Waals surface area contributed by atoms with E-state index in [1.54, 1.807) is 18.2 Å². The summed E-state index contributed by atoms with van der Waals surface area (Å²) >= 11 is 8.91. The molecule has 0 unspecified atom stereocenters. The van der Waals surface area contributed by atoms with E-state index in [1.807, 2.05) is 0 Å². The molecule has 2 nitrogen and oxygen atoms in total. The minimum absolute atomic E-state index is 0.323. The van der Waals surface area contributed by atoms with Crippen molar-refractivity contribution >= 4 is 27.5 Å². The van der Waals surface area contributed by atoms with Gasteiger partial charge in [0.25, 0.3) is 0 Å². The zero-order chi connectivity index (χ0) is 10.1. The van der Waals surface area contributed by atoms with Gasteiger partial charge in [0.05, 0.1) is 5.69 Å². The van der Waals surface area contributed by atoms with Crippen LogP contribution in [-0.2, 0) is 0 Å². The zero-order valence-electron chi connectivity index (χ0n) is 6.89. The number of aromatic nitrogens is 2. The molecule has 1 aromatic heterocycles. The smallest absolute Gasteiger partial charge is 0.132 e. The van der Waals surface area contributed by atoms with Gasteiger partial charge in [-0.2, -0.15) is 5.10 Å². The average molecular weight is 276 g/mol. The molecule has 1 N–H and O–H groups in total. The maximum Gasteiger partial charge on any atom is 0.132 e. The van der Waals surface area contributed by atoms with E-state index in [4.69, 9.17) is 11.6 Å². The first-order valence-corrected chi connectivity index (χ1v) is 5.00. The molecule has 2 rings (SSSR count). The highest BCUT2D eigenvalue weighted by atomic mass is 79.9. The van der Waals surface area contributed by atoms with Gasteiger partial charge in [-0.3, -0.25) is 5.10 Å². The molecular weight excluding hydrogens is 270 g/mol. The van der Waals surface area contributed by atoms with Crippen LogP contribution in [0.1, 0.15) is 0 Å². The van der Waals surface area contributed by atoms with Crippen molar-refractivity contribution in [3.63, 3.8) is 0 Å². The van der Waals surface area contributed by atoms with Crippen molar-refractivity contribution in [2.45, 2.75) is 0 Å². The Hall–Kier alpha value is -0.870. The van der Waals surface area contributed by atoms with Crippen LogP contribution in [0.25, 0.3) is 11.3 Å². The molecule has 0 aliphatic rings. The Labute approximate surface area is 93.2 Å². The van der Waals surface area contributed by atoms with Crippen LogP contribution in [0.2, 0.25) is 5.15 Å². The van der Waals surface area contributed by atoms with E-state index in [0.29, 0.717) is 16.4 Å². The van der Waals surface area contributed by atoms with Gasteiger partial charge in [-0.05, 0) is 18.2 Å². The van der Waals surface area contributed by atoms with Crippen LogP contribution in [0, 0.1) is 5.82 Å². The summed E-state index contributed by atoms with van der Waals surface area (Å²) in [4.78, 5) is 0. The summed E-state index contributed by atoms with van der Waals surface area (Å²) in [5, 5.41) is 6.81. The van der Waals surface area contributed by atoms with Crippen molar-refractivity contribution in [3.05, 3.63) is 39.7 Å². The van der Waals surface area contributed by atoms with Crippen molar-refractivity contribution in [2.75, 3.05) is 0 Å². The maximum absolute atomic E-state index is 13.3. The second-order valence-corrected chi connectivity index (χ2v) is 4.05. The lowest BCUT2D eigenvalue weighted by molar-refractivity contribution is 0.630. The van der Waals surface area contributed by atoms with Gasteiger partial charge in [-0.25, -0.2) is 4.39 Å². The first-order chi connectivity index (χ1) is 6.66. The Morgan fingerprint density at radius 3 is 2.79 bits per heavy atom. The summed E-state index contributed by atoms with van der Waals surface area (Å²) in [5.74, 6) is -0.323. The molecule has 1 aromatic carbocycles. The molecule has 0 amide bonds.